The first kappa shape index (κ1) is 18.1. The first-order valence-electron chi connectivity index (χ1n) is 9.48. The van der Waals surface area contributed by atoms with Crippen LogP contribution in [-0.2, 0) is 6.42 Å². The highest BCUT2D eigenvalue weighted by Gasteiger charge is 2.09. The predicted octanol–water partition coefficient (Wildman–Crippen LogP) is 6.96. The van der Waals surface area contributed by atoms with Crippen LogP contribution < -0.4 is 0 Å². The third kappa shape index (κ3) is 4.29. The van der Waals surface area contributed by atoms with Crippen molar-refractivity contribution >= 4 is 5.78 Å². The summed E-state index contributed by atoms with van der Waals surface area (Å²) in [5, 5.41) is 0. The quantitative estimate of drug-likeness (QED) is 0.335. The van der Waals surface area contributed by atoms with Gasteiger partial charge < -0.3 is 0 Å². The Hall–Kier alpha value is -2.67. The molecule has 0 amide bonds. The van der Waals surface area contributed by atoms with Gasteiger partial charge in [-0.3, -0.25) is 4.79 Å². The van der Waals surface area contributed by atoms with Gasteiger partial charge in [-0.25, -0.2) is 0 Å². The van der Waals surface area contributed by atoms with Crippen LogP contribution in [0, 0.1) is 0 Å². The molecular weight excluding hydrogens is 316 g/mol. The number of rotatable bonds is 7. The van der Waals surface area contributed by atoms with Crippen molar-refractivity contribution in [2.24, 2.45) is 0 Å². The molecule has 0 aromatic heterocycles. The van der Waals surface area contributed by atoms with Crippen molar-refractivity contribution in [1.29, 1.82) is 0 Å². The van der Waals surface area contributed by atoms with Gasteiger partial charge in [-0.2, -0.15) is 0 Å². The molecule has 0 unspecified atom stereocenters. The van der Waals surface area contributed by atoms with Crippen molar-refractivity contribution in [3.63, 3.8) is 0 Å². The molecule has 0 heterocycles. The summed E-state index contributed by atoms with van der Waals surface area (Å²) in [6.45, 7) is 3.85. The lowest BCUT2D eigenvalue weighted by Crippen LogP contribution is -1.93. The average Bonchev–Trinajstić information content (AvgIpc) is 2.68. The number of hydrogen-bond acceptors (Lipinski definition) is 1. The molecule has 0 atom stereocenters. The van der Waals surface area contributed by atoms with Gasteiger partial charge in [-0.05, 0) is 53.6 Å². The lowest BCUT2D eigenvalue weighted by atomic mass is 9.92. The van der Waals surface area contributed by atoms with E-state index >= 15 is 0 Å². The molecule has 0 aliphatic heterocycles. The van der Waals surface area contributed by atoms with Crippen LogP contribution >= 0.6 is 0 Å². The lowest BCUT2D eigenvalue weighted by Gasteiger charge is -2.12. The first-order chi connectivity index (χ1) is 12.7. The van der Waals surface area contributed by atoms with Crippen LogP contribution in [0.4, 0.5) is 0 Å². The number of carbonyl (C=O) groups is 1. The summed E-state index contributed by atoms with van der Waals surface area (Å²) in [6.07, 6.45) is 4.89. The number of Topliss-reactive ketones (excluding diaryl/α,β-unsaturated/α-hetero) is 1. The van der Waals surface area contributed by atoms with Crippen molar-refractivity contribution in [3.8, 4) is 22.3 Å². The first-order valence-corrected chi connectivity index (χ1v) is 9.48. The van der Waals surface area contributed by atoms with Gasteiger partial charge in [-0.1, -0.05) is 86.5 Å². The highest BCUT2D eigenvalue weighted by Crippen LogP contribution is 2.33. The second kappa shape index (κ2) is 8.62. The van der Waals surface area contributed by atoms with Crippen LogP contribution in [0.2, 0.25) is 0 Å². The third-order valence-corrected chi connectivity index (χ3v) is 4.81. The molecule has 0 saturated heterocycles. The van der Waals surface area contributed by atoms with Crippen LogP contribution in [0.5, 0.6) is 0 Å². The molecule has 1 nitrogen and oxygen atoms in total. The Labute approximate surface area is 156 Å². The molecule has 0 spiro atoms. The van der Waals surface area contributed by atoms with Crippen LogP contribution in [0.1, 0.15) is 49.0 Å². The molecule has 0 aliphatic carbocycles. The molecule has 0 bridgehead atoms. The monoisotopic (exact) mass is 342 g/mol. The molecule has 0 radical (unpaired) electrons. The number of hydrogen-bond donors (Lipinski definition) is 0. The Morgan fingerprint density at radius 1 is 0.769 bits per heavy atom. The summed E-state index contributed by atoms with van der Waals surface area (Å²) in [5.41, 5.74) is 6.85. The van der Waals surface area contributed by atoms with Gasteiger partial charge in [0.05, 0.1) is 0 Å². The van der Waals surface area contributed by atoms with Gasteiger partial charge in [0.1, 0.15) is 0 Å². The maximum atomic E-state index is 11.8. The second-order valence-electron chi connectivity index (χ2n) is 6.84. The van der Waals surface area contributed by atoms with Crippen LogP contribution in [-0.4, -0.2) is 5.78 Å². The maximum absolute atomic E-state index is 11.8. The number of ketones is 1. The number of carbonyl (C=O) groups excluding carboxylic acids is 1. The third-order valence-electron chi connectivity index (χ3n) is 4.81. The van der Waals surface area contributed by atoms with E-state index in [2.05, 4.69) is 61.5 Å². The highest BCUT2D eigenvalue weighted by molar-refractivity contribution is 5.96. The topological polar surface area (TPSA) is 17.1 Å². The fourth-order valence-corrected chi connectivity index (χ4v) is 3.37. The van der Waals surface area contributed by atoms with E-state index < -0.39 is 0 Å². The molecule has 3 rings (SSSR count). The Kier molecular flexibility index (Phi) is 6.01. The van der Waals surface area contributed by atoms with Crippen molar-refractivity contribution in [2.45, 2.75) is 39.5 Å². The molecule has 3 aromatic rings. The molecular formula is C25H26O. The lowest BCUT2D eigenvalue weighted by molar-refractivity contribution is 0.101. The van der Waals surface area contributed by atoms with Crippen LogP contribution in [0.25, 0.3) is 22.3 Å². The summed E-state index contributed by atoms with van der Waals surface area (Å²) in [5.74, 6) is 0.0993. The molecule has 26 heavy (non-hydrogen) atoms. The van der Waals surface area contributed by atoms with Crippen molar-refractivity contribution in [3.05, 3.63) is 83.9 Å². The van der Waals surface area contributed by atoms with Gasteiger partial charge in [0.15, 0.2) is 5.78 Å². The van der Waals surface area contributed by atoms with E-state index in [1.54, 1.807) is 6.92 Å². The molecule has 0 saturated carbocycles. The Morgan fingerprint density at radius 2 is 1.42 bits per heavy atom. The zero-order valence-electron chi connectivity index (χ0n) is 15.7. The smallest absolute Gasteiger partial charge is 0.159 e. The van der Waals surface area contributed by atoms with Gasteiger partial charge in [-0.15, -0.1) is 0 Å². The van der Waals surface area contributed by atoms with Gasteiger partial charge in [0.2, 0.25) is 0 Å². The summed E-state index contributed by atoms with van der Waals surface area (Å²) in [7, 11) is 0. The standard InChI is InChI=1S/C25H26O/c1-3-4-5-10-20-11-8-13-22(17-20)24-15-6-7-16-25(24)23-14-9-12-21(18-23)19(2)26/h6-9,11-18H,3-5,10H2,1-2H3. The molecule has 3 aromatic carbocycles. The van der Waals surface area contributed by atoms with E-state index in [1.807, 2.05) is 18.2 Å². The van der Waals surface area contributed by atoms with Crippen molar-refractivity contribution in [1.82, 2.24) is 0 Å². The van der Waals surface area contributed by atoms with E-state index in [0.717, 1.165) is 17.5 Å². The Bertz CT molecular complexity index is 892. The van der Waals surface area contributed by atoms with E-state index in [9.17, 15) is 4.79 Å². The minimum absolute atomic E-state index is 0.0993. The fourth-order valence-electron chi connectivity index (χ4n) is 3.37. The summed E-state index contributed by atoms with van der Waals surface area (Å²) in [6, 6.07) is 25.2. The fraction of sp³-hybridized carbons (Fsp3) is 0.240. The minimum atomic E-state index is 0.0993. The normalized spacial score (nSPS) is 10.7. The zero-order chi connectivity index (χ0) is 18.4. The molecule has 132 valence electrons. The number of unbranched alkanes of at least 4 members (excludes halogenated alkanes) is 2. The minimum Gasteiger partial charge on any atom is -0.295 e. The maximum Gasteiger partial charge on any atom is 0.159 e. The Morgan fingerprint density at radius 3 is 2.08 bits per heavy atom. The molecule has 0 N–H and O–H groups in total. The van der Waals surface area contributed by atoms with Crippen LogP contribution in [0.15, 0.2) is 72.8 Å². The second-order valence-corrected chi connectivity index (χ2v) is 6.84. The van der Waals surface area contributed by atoms with Crippen molar-refractivity contribution in [2.75, 3.05) is 0 Å². The summed E-state index contributed by atoms with van der Waals surface area (Å²) >= 11 is 0. The molecule has 0 fully saturated rings. The largest absolute Gasteiger partial charge is 0.295 e. The average molecular weight is 342 g/mol. The van der Waals surface area contributed by atoms with Crippen LogP contribution in [0.3, 0.4) is 0 Å². The molecule has 0 aliphatic rings. The van der Waals surface area contributed by atoms with E-state index in [1.165, 1.54) is 41.5 Å². The Balaban J connectivity index is 1.99. The number of benzene rings is 3. The van der Waals surface area contributed by atoms with Gasteiger partial charge >= 0.3 is 0 Å². The SMILES string of the molecule is CCCCCc1cccc(-c2ccccc2-c2cccc(C(C)=O)c2)c1. The van der Waals surface area contributed by atoms with Crippen molar-refractivity contribution < 1.29 is 4.79 Å². The predicted molar refractivity (Wildman–Crippen MR) is 111 cm³/mol. The van der Waals surface area contributed by atoms with E-state index in [4.69, 9.17) is 0 Å². The molecule has 1 heteroatoms. The van der Waals surface area contributed by atoms with E-state index in [-0.39, 0.29) is 5.78 Å². The van der Waals surface area contributed by atoms with E-state index in [0.29, 0.717) is 0 Å². The number of aryl methyl sites for hydroxylation is 1. The summed E-state index contributed by atoms with van der Waals surface area (Å²) < 4.78 is 0. The van der Waals surface area contributed by atoms with Gasteiger partial charge in [0, 0.05) is 5.56 Å². The summed E-state index contributed by atoms with van der Waals surface area (Å²) in [4.78, 5) is 11.8. The highest BCUT2D eigenvalue weighted by atomic mass is 16.1. The van der Waals surface area contributed by atoms with Gasteiger partial charge in [0.25, 0.3) is 0 Å². The zero-order valence-corrected chi connectivity index (χ0v) is 15.7.